The number of aliphatic hydroxyl groups excluding tert-OH is 1. The van der Waals surface area contributed by atoms with E-state index in [-0.39, 0.29) is 36.7 Å². The summed E-state index contributed by atoms with van der Waals surface area (Å²) in [6.07, 6.45) is 1.51. The van der Waals surface area contributed by atoms with Crippen LogP contribution in [0.4, 0.5) is 4.39 Å². The number of nitrogens with zero attached hydrogens (tertiary/aromatic N) is 2. The summed E-state index contributed by atoms with van der Waals surface area (Å²) in [7, 11) is 0. The molecule has 5 nitrogen and oxygen atoms in total. The molecule has 2 rings (SSSR count). The van der Waals surface area contributed by atoms with Crippen molar-refractivity contribution in [3.8, 4) is 0 Å². The lowest BCUT2D eigenvalue weighted by molar-refractivity contribution is -0.122. The van der Waals surface area contributed by atoms with Crippen LogP contribution in [0.5, 0.6) is 0 Å². The van der Waals surface area contributed by atoms with E-state index in [1.54, 1.807) is 16.7 Å². The van der Waals surface area contributed by atoms with Crippen LogP contribution in [0, 0.1) is 5.82 Å². The summed E-state index contributed by atoms with van der Waals surface area (Å²) in [4.78, 5) is 16.2. The number of carbonyl (C=O) groups excluding carboxylic acids is 1. The van der Waals surface area contributed by atoms with Gasteiger partial charge in [0.15, 0.2) is 5.16 Å². The number of halogens is 2. The number of amides is 1. The van der Waals surface area contributed by atoms with Gasteiger partial charge in [-0.2, -0.15) is 0 Å². The molecule has 130 valence electrons. The fourth-order valence-electron chi connectivity index (χ4n) is 2.12. The number of hydrogen-bond acceptors (Lipinski definition) is 4. The molecule has 0 radical (unpaired) electrons. The van der Waals surface area contributed by atoms with E-state index in [1.165, 1.54) is 24.0 Å². The van der Waals surface area contributed by atoms with Gasteiger partial charge in [0.05, 0.1) is 18.5 Å². The number of nitrogens with one attached hydrogen (secondary N) is 1. The minimum Gasteiger partial charge on any atom is -0.390 e. The normalized spacial score (nSPS) is 11.1. The van der Waals surface area contributed by atoms with Crippen LogP contribution in [0.2, 0.25) is 5.02 Å². The molecular weight excluding hydrogens is 353 g/mol. The van der Waals surface area contributed by atoms with Crippen LogP contribution < -0.4 is 5.32 Å². The maximum Gasteiger partial charge on any atom is 0.240 e. The van der Waals surface area contributed by atoms with Crippen LogP contribution in [-0.2, 0) is 23.7 Å². The first-order valence-corrected chi connectivity index (χ1v) is 8.79. The summed E-state index contributed by atoms with van der Waals surface area (Å²) in [5, 5.41) is 13.1. The average Bonchev–Trinajstić information content (AvgIpc) is 2.88. The van der Waals surface area contributed by atoms with E-state index in [4.69, 9.17) is 11.6 Å². The zero-order valence-corrected chi connectivity index (χ0v) is 15.0. The van der Waals surface area contributed by atoms with Gasteiger partial charge in [0.2, 0.25) is 5.91 Å². The minimum atomic E-state index is -0.381. The fourth-order valence-corrected chi connectivity index (χ4v) is 3.46. The van der Waals surface area contributed by atoms with Crippen LogP contribution in [0.1, 0.15) is 25.1 Å². The molecule has 2 N–H and O–H groups in total. The monoisotopic (exact) mass is 371 g/mol. The van der Waals surface area contributed by atoms with Crippen molar-refractivity contribution >= 4 is 29.3 Å². The molecule has 1 amide bonds. The van der Waals surface area contributed by atoms with Crippen molar-refractivity contribution < 1.29 is 14.3 Å². The lowest BCUT2D eigenvalue weighted by atomic mass is 10.2. The first kappa shape index (κ1) is 18.8. The molecule has 2 aromatic rings. The van der Waals surface area contributed by atoms with E-state index in [9.17, 15) is 14.3 Å². The Morgan fingerprint density at radius 3 is 2.88 bits per heavy atom. The molecule has 0 aliphatic carbocycles. The zero-order valence-electron chi connectivity index (χ0n) is 13.4. The molecule has 24 heavy (non-hydrogen) atoms. The fraction of sp³-hybridized carbons (Fsp3) is 0.375. The van der Waals surface area contributed by atoms with Crippen LogP contribution in [0.3, 0.4) is 0 Å². The number of benzene rings is 1. The highest BCUT2D eigenvalue weighted by molar-refractivity contribution is 7.98. The van der Waals surface area contributed by atoms with Crippen molar-refractivity contribution in [1.29, 1.82) is 0 Å². The first-order chi connectivity index (χ1) is 11.4. The average molecular weight is 372 g/mol. The summed E-state index contributed by atoms with van der Waals surface area (Å²) >= 11 is 7.29. The van der Waals surface area contributed by atoms with Crippen molar-refractivity contribution in [2.45, 2.75) is 44.0 Å². The second-order valence-corrected chi connectivity index (χ2v) is 6.84. The molecule has 1 aromatic heterocycles. The number of imidazole rings is 1. The maximum absolute atomic E-state index is 13.8. The number of rotatable bonds is 7. The molecule has 0 saturated heterocycles. The quantitative estimate of drug-likeness (QED) is 0.734. The number of aromatic nitrogens is 2. The standard InChI is InChI=1S/C16H19ClFN3O2S/c1-10(2)20-15(23)7-21-11(8-22)6-19-16(21)24-9-12-13(17)4-3-5-14(12)18/h3-6,10,22H,7-9H2,1-2H3,(H,20,23). The molecule has 0 atom stereocenters. The van der Waals surface area contributed by atoms with Crippen LogP contribution in [-0.4, -0.2) is 26.6 Å². The van der Waals surface area contributed by atoms with Gasteiger partial charge in [0.25, 0.3) is 0 Å². The van der Waals surface area contributed by atoms with Crippen molar-refractivity contribution in [2.24, 2.45) is 0 Å². The SMILES string of the molecule is CC(C)NC(=O)Cn1c(CO)cnc1SCc1c(F)cccc1Cl. The van der Waals surface area contributed by atoms with Crippen molar-refractivity contribution in [2.75, 3.05) is 0 Å². The van der Waals surface area contributed by atoms with Gasteiger partial charge in [-0.15, -0.1) is 0 Å². The minimum absolute atomic E-state index is 0.0203. The van der Waals surface area contributed by atoms with E-state index in [2.05, 4.69) is 10.3 Å². The molecule has 0 aliphatic heterocycles. The molecule has 0 unspecified atom stereocenters. The summed E-state index contributed by atoms with van der Waals surface area (Å²) in [6.45, 7) is 3.55. The van der Waals surface area contributed by atoms with Gasteiger partial charge in [-0.3, -0.25) is 4.79 Å². The Labute approximate surface area is 149 Å². The van der Waals surface area contributed by atoms with Crippen molar-refractivity contribution in [3.63, 3.8) is 0 Å². The molecule has 0 saturated carbocycles. The van der Waals surface area contributed by atoms with E-state index >= 15 is 0 Å². The topological polar surface area (TPSA) is 67.2 Å². The van der Waals surface area contributed by atoms with Gasteiger partial charge in [-0.1, -0.05) is 29.4 Å². The van der Waals surface area contributed by atoms with Gasteiger partial charge >= 0.3 is 0 Å². The molecule has 0 fully saturated rings. The molecule has 0 aliphatic rings. The molecule has 0 spiro atoms. The predicted molar refractivity (Wildman–Crippen MR) is 92.4 cm³/mol. The van der Waals surface area contributed by atoms with Gasteiger partial charge < -0.3 is 15.0 Å². The number of carbonyl (C=O) groups is 1. The Morgan fingerprint density at radius 1 is 1.50 bits per heavy atom. The van der Waals surface area contributed by atoms with E-state index in [1.807, 2.05) is 13.8 Å². The summed E-state index contributed by atoms with van der Waals surface area (Å²) in [6, 6.07) is 4.55. The molecule has 0 bridgehead atoms. The van der Waals surface area contributed by atoms with Crippen LogP contribution in [0.25, 0.3) is 0 Å². The largest absolute Gasteiger partial charge is 0.390 e. The smallest absolute Gasteiger partial charge is 0.240 e. The Hall–Kier alpha value is -1.57. The summed E-state index contributed by atoms with van der Waals surface area (Å²) in [5.74, 6) is -0.282. The maximum atomic E-state index is 13.8. The molecule has 8 heteroatoms. The third-order valence-corrected chi connectivity index (χ3v) is 4.59. The lowest BCUT2D eigenvalue weighted by Gasteiger charge is -2.13. The van der Waals surface area contributed by atoms with Gasteiger partial charge in [0, 0.05) is 22.4 Å². The van der Waals surface area contributed by atoms with Crippen molar-refractivity contribution in [1.82, 2.24) is 14.9 Å². The number of aliphatic hydroxyl groups is 1. The number of hydrogen-bond donors (Lipinski definition) is 2. The first-order valence-electron chi connectivity index (χ1n) is 7.42. The molecule has 1 aromatic carbocycles. The highest BCUT2D eigenvalue weighted by Crippen LogP contribution is 2.28. The van der Waals surface area contributed by atoms with Crippen LogP contribution >= 0.6 is 23.4 Å². The van der Waals surface area contributed by atoms with Crippen molar-refractivity contribution in [3.05, 3.63) is 46.5 Å². The highest BCUT2D eigenvalue weighted by atomic mass is 35.5. The highest BCUT2D eigenvalue weighted by Gasteiger charge is 2.15. The van der Waals surface area contributed by atoms with E-state index in [0.717, 1.165) is 0 Å². The van der Waals surface area contributed by atoms with Gasteiger partial charge in [-0.05, 0) is 26.0 Å². The predicted octanol–water partition coefficient (Wildman–Crippen LogP) is 2.98. The Bertz CT molecular complexity index is 701. The van der Waals surface area contributed by atoms with Gasteiger partial charge in [0.1, 0.15) is 12.4 Å². The second kappa shape index (κ2) is 8.50. The van der Waals surface area contributed by atoms with E-state index < -0.39 is 0 Å². The van der Waals surface area contributed by atoms with E-state index in [0.29, 0.717) is 21.4 Å². The third-order valence-electron chi connectivity index (χ3n) is 3.22. The summed E-state index contributed by atoms with van der Waals surface area (Å²) < 4.78 is 15.5. The Kier molecular flexibility index (Phi) is 6.65. The summed E-state index contributed by atoms with van der Waals surface area (Å²) in [5.41, 5.74) is 0.909. The molecular formula is C16H19ClFN3O2S. The third kappa shape index (κ3) is 4.72. The van der Waals surface area contributed by atoms with Crippen LogP contribution in [0.15, 0.2) is 29.6 Å². The number of thioether (sulfide) groups is 1. The Morgan fingerprint density at radius 2 is 2.25 bits per heavy atom. The van der Waals surface area contributed by atoms with Gasteiger partial charge in [-0.25, -0.2) is 9.37 Å². The Balaban J connectivity index is 2.16. The zero-order chi connectivity index (χ0) is 17.7. The molecule has 1 heterocycles. The lowest BCUT2D eigenvalue weighted by Crippen LogP contribution is -2.33. The second-order valence-electron chi connectivity index (χ2n) is 5.49.